The summed E-state index contributed by atoms with van der Waals surface area (Å²) in [6.45, 7) is 1.88. The van der Waals surface area contributed by atoms with Crippen LogP contribution in [0.15, 0.2) is 89.9 Å². The van der Waals surface area contributed by atoms with Gasteiger partial charge in [-0.2, -0.15) is 0 Å². The van der Waals surface area contributed by atoms with Gasteiger partial charge in [-0.15, -0.1) is 0 Å². The maximum Gasteiger partial charge on any atom is 0.257 e. The summed E-state index contributed by atoms with van der Waals surface area (Å²) in [6.07, 6.45) is 0. The Kier molecular flexibility index (Phi) is 8.86. The van der Waals surface area contributed by atoms with Gasteiger partial charge in [0.05, 0.1) is 17.7 Å². The minimum Gasteiger partial charge on any atom is -0.481 e. The van der Waals surface area contributed by atoms with Gasteiger partial charge in [0, 0.05) is 34.6 Å². The van der Waals surface area contributed by atoms with Crippen LogP contribution >= 0.6 is 23.2 Å². The number of hydrogen-bond acceptors (Lipinski definition) is 5. The van der Waals surface area contributed by atoms with Crippen molar-refractivity contribution >= 4 is 52.3 Å². The lowest BCUT2D eigenvalue weighted by molar-refractivity contribution is 0.101. The van der Waals surface area contributed by atoms with Gasteiger partial charge >= 0.3 is 0 Å². The normalized spacial score (nSPS) is 11.1. The standard InChI is InChI=1S/C30H25Cl2N3O4/c1-18-4-5-19(16-26(18)31)28(36)34-21-7-11-23(12-8-21)39-24-13-9-22(10-14-24)35-29(37)25-15-6-20(17-27(25)32)30(33-2)38-3/h4-17H,1-3H3,(H,34,36)(H,35,37). The highest BCUT2D eigenvalue weighted by molar-refractivity contribution is 6.34. The Morgan fingerprint density at radius 2 is 1.26 bits per heavy atom. The fourth-order valence-electron chi connectivity index (χ4n) is 3.66. The first-order chi connectivity index (χ1) is 18.8. The minimum atomic E-state index is -0.349. The first kappa shape index (κ1) is 27.7. The molecule has 39 heavy (non-hydrogen) atoms. The molecule has 0 unspecified atom stereocenters. The zero-order chi connectivity index (χ0) is 27.9. The van der Waals surface area contributed by atoms with Gasteiger partial charge in [0.25, 0.3) is 11.8 Å². The van der Waals surface area contributed by atoms with Crippen molar-refractivity contribution in [3.05, 3.63) is 117 Å². The molecule has 0 fully saturated rings. The van der Waals surface area contributed by atoms with E-state index in [-0.39, 0.29) is 16.8 Å². The van der Waals surface area contributed by atoms with E-state index in [9.17, 15) is 9.59 Å². The van der Waals surface area contributed by atoms with E-state index < -0.39 is 0 Å². The minimum absolute atomic E-state index is 0.255. The van der Waals surface area contributed by atoms with Gasteiger partial charge in [0.15, 0.2) is 0 Å². The number of hydrogen-bond donors (Lipinski definition) is 2. The Morgan fingerprint density at radius 3 is 1.77 bits per heavy atom. The van der Waals surface area contributed by atoms with E-state index in [0.717, 1.165) is 5.56 Å². The van der Waals surface area contributed by atoms with Crippen molar-refractivity contribution in [3.8, 4) is 11.5 Å². The van der Waals surface area contributed by atoms with E-state index >= 15 is 0 Å². The van der Waals surface area contributed by atoms with E-state index in [1.165, 1.54) is 7.11 Å². The van der Waals surface area contributed by atoms with Gasteiger partial charge in [-0.25, -0.2) is 0 Å². The molecule has 0 aliphatic rings. The van der Waals surface area contributed by atoms with Crippen LogP contribution in [0.3, 0.4) is 0 Å². The van der Waals surface area contributed by atoms with Gasteiger partial charge in [-0.1, -0.05) is 29.3 Å². The Bertz CT molecular complexity index is 1540. The van der Waals surface area contributed by atoms with Crippen molar-refractivity contribution in [1.82, 2.24) is 0 Å². The highest BCUT2D eigenvalue weighted by Gasteiger charge is 2.14. The number of halogens is 2. The second-order valence-electron chi connectivity index (χ2n) is 8.45. The fraction of sp³-hybridized carbons (Fsp3) is 0.100. The molecule has 0 bridgehead atoms. The first-order valence-corrected chi connectivity index (χ1v) is 12.6. The van der Waals surface area contributed by atoms with Crippen LogP contribution in [0.4, 0.5) is 11.4 Å². The average Bonchev–Trinajstić information content (AvgIpc) is 2.93. The number of amides is 2. The molecule has 0 radical (unpaired) electrons. The Balaban J connectivity index is 1.34. The van der Waals surface area contributed by atoms with Crippen LogP contribution in [0.5, 0.6) is 11.5 Å². The fourth-order valence-corrected chi connectivity index (χ4v) is 4.10. The monoisotopic (exact) mass is 561 g/mol. The van der Waals surface area contributed by atoms with Crippen molar-refractivity contribution in [2.24, 2.45) is 4.99 Å². The van der Waals surface area contributed by atoms with Crippen molar-refractivity contribution in [2.75, 3.05) is 24.8 Å². The van der Waals surface area contributed by atoms with Crippen molar-refractivity contribution in [2.45, 2.75) is 6.92 Å². The molecule has 2 N–H and O–H groups in total. The largest absolute Gasteiger partial charge is 0.481 e. The summed E-state index contributed by atoms with van der Waals surface area (Å²) in [5.74, 6) is 0.980. The molecule has 0 aromatic heterocycles. The Morgan fingerprint density at radius 1 is 0.718 bits per heavy atom. The van der Waals surface area contributed by atoms with Gasteiger partial charge in [-0.05, 0) is 91.3 Å². The number of rotatable bonds is 7. The number of methoxy groups -OCH3 is 1. The zero-order valence-corrected chi connectivity index (χ0v) is 22.9. The summed E-state index contributed by atoms with van der Waals surface area (Å²) in [6, 6.07) is 24.1. The third-order valence-electron chi connectivity index (χ3n) is 5.75. The van der Waals surface area contributed by atoms with Crippen LogP contribution in [-0.2, 0) is 4.74 Å². The molecule has 9 heteroatoms. The van der Waals surface area contributed by atoms with E-state index in [0.29, 0.717) is 50.5 Å². The maximum absolute atomic E-state index is 12.7. The van der Waals surface area contributed by atoms with E-state index in [1.807, 2.05) is 6.92 Å². The summed E-state index contributed by atoms with van der Waals surface area (Å²) in [5, 5.41) is 6.49. The van der Waals surface area contributed by atoms with Crippen molar-refractivity contribution < 1.29 is 19.1 Å². The molecule has 0 atom stereocenters. The Hall–Kier alpha value is -4.33. The number of carbonyl (C=O) groups excluding carboxylic acids is 2. The molecule has 2 amide bonds. The summed E-state index contributed by atoms with van der Waals surface area (Å²) in [4.78, 5) is 29.3. The van der Waals surface area contributed by atoms with E-state index in [1.54, 1.807) is 92.0 Å². The molecule has 0 aliphatic carbocycles. The summed E-state index contributed by atoms with van der Waals surface area (Å²) in [7, 11) is 3.13. The number of anilines is 2. The lowest BCUT2D eigenvalue weighted by Gasteiger charge is -2.11. The Labute approximate surface area is 236 Å². The number of nitrogens with zero attached hydrogens (tertiary/aromatic N) is 1. The van der Waals surface area contributed by atoms with E-state index in [4.69, 9.17) is 32.7 Å². The molecule has 4 aromatic rings. The van der Waals surface area contributed by atoms with Crippen LogP contribution in [0.2, 0.25) is 10.0 Å². The lowest BCUT2D eigenvalue weighted by atomic mass is 10.1. The molecule has 0 aliphatic heterocycles. The van der Waals surface area contributed by atoms with Gasteiger partial charge in [0.2, 0.25) is 5.90 Å². The molecular formula is C30H25Cl2N3O4. The first-order valence-electron chi connectivity index (χ1n) is 11.8. The molecule has 0 saturated heterocycles. The third-order valence-corrected chi connectivity index (χ3v) is 6.47. The van der Waals surface area contributed by atoms with Crippen LogP contribution in [0.25, 0.3) is 0 Å². The van der Waals surface area contributed by atoms with Crippen LogP contribution in [-0.4, -0.2) is 31.9 Å². The molecule has 198 valence electrons. The number of aryl methyl sites for hydroxylation is 1. The lowest BCUT2D eigenvalue weighted by Crippen LogP contribution is -2.13. The van der Waals surface area contributed by atoms with Crippen LogP contribution in [0.1, 0.15) is 31.8 Å². The van der Waals surface area contributed by atoms with E-state index in [2.05, 4.69) is 15.6 Å². The van der Waals surface area contributed by atoms with Gasteiger partial charge < -0.3 is 20.1 Å². The summed E-state index contributed by atoms with van der Waals surface area (Å²) < 4.78 is 11.1. The maximum atomic E-state index is 12.7. The SMILES string of the molecule is CN=C(OC)c1ccc(C(=O)Nc2ccc(Oc3ccc(NC(=O)c4ccc(C)c(Cl)c4)cc3)cc2)c(Cl)c1. The zero-order valence-electron chi connectivity index (χ0n) is 21.4. The smallest absolute Gasteiger partial charge is 0.257 e. The summed E-state index contributed by atoms with van der Waals surface area (Å²) in [5.41, 5.74) is 3.58. The molecular weight excluding hydrogens is 537 g/mol. The predicted octanol–water partition coefficient (Wildman–Crippen LogP) is 7.62. The molecule has 0 spiro atoms. The quantitative estimate of drug-likeness (QED) is 0.179. The number of nitrogens with one attached hydrogen (secondary N) is 2. The summed E-state index contributed by atoms with van der Waals surface area (Å²) >= 11 is 12.4. The average molecular weight is 562 g/mol. The second-order valence-corrected chi connectivity index (χ2v) is 9.26. The molecule has 7 nitrogen and oxygen atoms in total. The number of carbonyl (C=O) groups is 2. The van der Waals surface area contributed by atoms with Gasteiger partial charge in [0.1, 0.15) is 11.5 Å². The highest BCUT2D eigenvalue weighted by atomic mass is 35.5. The van der Waals surface area contributed by atoms with Crippen molar-refractivity contribution in [1.29, 1.82) is 0 Å². The number of aliphatic imine (C=N–C) groups is 1. The number of ether oxygens (including phenoxy) is 2. The van der Waals surface area contributed by atoms with Gasteiger partial charge in [-0.3, -0.25) is 14.6 Å². The van der Waals surface area contributed by atoms with Crippen LogP contribution < -0.4 is 15.4 Å². The third kappa shape index (κ3) is 6.96. The molecule has 4 aromatic carbocycles. The molecule has 0 saturated carbocycles. The molecule has 4 rings (SSSR count). The van der Waals surface area contributed by atoms with Crippen molar-refractivity contribution in [3.63, 3.8) is 0 Å². The molecule has 0 heterocycles. The van der Waals surface area contributed by atoms with Crippen LogP contribution in [0, 0.1) is 6.92 Å². The highest BCUT2D eigenvalue weighted by Crippen LogP contribution is 2.26. The second kappa shape index (κ2) is 12.5. The number of benzene rings is 4. The topological polar surface area (TPSA) is 89.0 Å². The predicted molar refractivity (Wildman–Crippen MR) is 156 cm³/mol.